The van der Waals surface area contributed by atoms with Gasteiger partial charge < -0.3 is 9.73 Å². The fraction of sp³-hybridized carbons (Fsp3) is 0.207. The Morgan fingerprint density at radius 3 is 2.56 bits per heavy atom. The van der Waals surface area contributed by atoms with Gasteiger partial charge in [0.2, 0.25) is 5.91 Å². The maximum atomic E-state index is 13.5. The molecule has 0 aliphatic heterocycles. The molecule has 1 amide bonds. The zero-order valence-corrected chi connectivity index (χ0v) is 23.0. The fourth-order valence-corrected chi connectivity index (χ4v) is 5.99. The van der Waals surface area contributed by atoms with Gasteiger partial charge in [0.15, 0.2) is 5.43 Å². The lowest BCUT2D eigenvalue weighted by Crippen LogP contribution is -2.29. The van der Waals surface area contributed by atoms with Crippen molar-refractivity contribution in [2.45, 2.75) is 38.6 Å². The molecule has 1 atom stereocenters. The first-order chi connectivity index (χ1) is 18.4. The minimum absolute atomic E-state index is 0.0632. The smallest absolute Gasteiger partial charge is 0.266 e. The van der Waals surface area contributed by atoms with Crippen molar-refractivity contribution in [3.8, 4) is 11.3 Å². The first kappa shape index (κ1) is 26.2. The van der Waals surface area contributed by atoms with Crippen LogP contribution >= 0.6 is 0 Å². The zero-order valence-electron chi connectivity index (χ0n) is 22.2. The van der Waals surface area contributed by atoms with Gasteiger partial charge in [-0.3, -0.25) is 14.3 Å². The Balaban J connectivity index is 1.64. The van der Waals surface area contributed by atoms with E-state index in [-0.39, 0.29) is 10.3 Å². The van der Waals surface area contributed by atoms with Crippen LogP contribution in [0.1, 0.15) is 36.6 Å². The minimum atomic E-state index is -4.08. The van der Waals surface area contributed by atoms with E-state index in [4.69, 9.17) is 4.42 Å². The summed E-state index contributed by atoms with van der Waals surface area (Å²) in [7, 11) is -2.23. The first-order valence-electron chi connectivity index (χ1n) is 12.4. The van der Waals surface area contributed by atoms with Crippen molar-refractivity contribution >= 4 is 43.5 Å². The molecule has 10 heteroatoms. The van der Waals surface area contributed by atoms with Gasteiger partial charge in [0.25, 0.3) is 10.0 Å². The Hall–Kier alpha value is -4.44. The van der Waals surface area contributed by atoms with E-state index in [2.05, 4.69) is 10.4 Å². The molecule has 0 radical (unpaired) electrons. The summed E-state index contributed by atoms with van der Waals surface area (Å²) in [6, 6.07) is 15.3. The van der Waals surface area contributed by atoms with E-state index in [1.165, 1.54) is 6.07 Å². The number of aromatic nitrogens is 2. The Labute approximate surface area is 225 Å². The van der Waals surface area contributed by atoms with Crippen molar-refractivity contribution in [2.75, 3.05) is 5.32 Å². The molecule has 0 aliphatic carbocycles. The molecular weight excluding hydrogens is 516 g/mol. The molecule has 200 valence electrons. The van der Waals surface area contributed by atoms with E-state index in [0.717, 1.165) is 29.0 Å². The van der Waals surface area contributed by atoms with Gasteiger partial charge in [-0.15, -0.1) is 0 Å². The summed E-state index contributed by atoms with van der Waals surface area (Å²) in [4.78, 5) is 25.0. The number of nitrogens with one attached hydrogen (secondary N) is 2. The van der Waals surface area contributed by atoms with Gasteiger partial charge in [0.05, 0.1) is 22.6 Å². The molecule has 0 spiro atoms. The number of fused-ring (bicyclic) bond motifs is 2. The summed E-state index contributed by atoms with van der Waals surface area (Å²) < 4.78 is 35.8. The van der Waals surface area contributed by atoms with E-state index in [9.17, 15) is 18.0 Å². The Bertz CT molecular complexity index is 1940. The summed E-state index contributed by atoms with van der Waals surface area (Å²) >= 11 is 0. The Morgan fingerprint density at radius 2 is 1.82 bits per heavy atom. The number of hydrogen-bond donors (Lipinski definition) is 2. The maximum Gasteiger partial charge on any atom is 0.266 e. The predicted molar refractivity (Wildman–Crippen MR) is 151 cm³/mol. The summed E-state index contributed by atoms with van der Waals surface area (Å²) in [6.07, 6.45) is 1.90. The van der Waals surface area contributed by atoms with Crippen LogP contribution < -0.4 is 15.5 Å². The number of carbonyl (C=O) groups excluding carboxylic acids is 1. The first-order valence-corrected chi connectivity index (χ1v) is 13.8. The normalized spacial score (nSPS) is 12.5. The lowest BCUT2D eigenvalue weighted by molar-refractivity contribution is -0.117. The molecule has 2 aromatic heterocycles. The van der Waals surface area contributed by atoms with Crippen LogP contribution in [-0.4, -0.2) is 24.1 Å². The summed E-state index contributed by atoms with van der Waals surface area (Å²) in [6.45, 7) is 6.64. The van der Waals surface area contributed by atoms with Crippen LogP contribution in [0.25, 0.3) is 33.2 Å². The summed E-state index contributed by atoms with van der Waals surface area (Å²) in [5.74, 6) is -0.221. The molecule has 0 aliphatic rings. The second-order valence-corrected chi connectivity index (χ2v) is 11.4. The molecule has 1 unspecified atom stereocenters. The van der Waals surface area contributed by atoms with Gasteiger partial charge in [0.1, 0.15) is 16.2 Å². The summed E-state index contributed by atoms with van der Waals surface area (Å²) in [5.41, 5.74) is 4.23. The molecule has 0 saturated carbocycles. The summed E-state index contributed by atoms with van der Waals surface area (Å²) in [5, 5.41) is 9.03. The van der Waals surface area contributed by atoms with E-state index in [1.54, 1.807) is 35.9 Å². The molecule has 0 bridgehead atoms. The number of sulfonamides is 1. The SMILES string of the molecule is CC(=O)NS(=O)(=O)c1ccccc1NC(C)c1cc(C)cc2c(=O)c(C)c(-c3ccc4nn(C)cc4c3)oc12. The number of nitrogens with zero attached hydrogens (tertiary/aromatic N) is 2. The number of amides is 1. The topological polar surface area (TPSA) is 123 Å². The van der Waals surface area contributed by atoms with Crippen molar-refractivity contribution in [3.05, 3.63) is 87.7 Å². The minimum Gasteiger partial charge on any atom is -0.455 e. The molecule has 0 fully saturated rings. The maximum absolute atomic E-state index is 13.5. The number of aryl methyl sites for hydroxylation is 2. The average molecular weight is 545 g/mol. The van der Waals surface area contributed by atoms with E-state index < -0.39 is 22.0 Å². The van der Waals surface area contributed by atoms with Crippen molar-refractivity contribution in [3.63, 3.8) is 0 Å². The quantitative estimate of drug-likeness (QED) is 0.310. The zero-order chi connectivity index (χ0) is 28.1. The Kier molecular flexibility index (Phi) is 6.51. The van der Waals surface area contributed by atoms with Crippen LogP contribution in [0.15, 0.2) is 74.9 Å². The van der Waals surface area contributed by atoms with Crippen molar-refractivity contribution in [1.82, 2.24) is 14.5 Å². The lowest BCUT2D eigenvalue weighted by Gasteiger charge is -2.20. The number of hydrogen-bond acceptors (Lipinski definition) is 7. The molecule has 5 rings (SSSR count). The van der Waals surface area contributed by atoms with Crippen molar-refractivity contribution in [1.29, 1.82) is 0 Å². The average Bonchev–Trinajstić information content (AvgIpc) is 3.24. The highest BCUT2D eigenvalue weighted by Gasteiger charge is 2.23. The fourth-order valence-electron chi connectivity index (χ4n) is 4.83. The third-order valence-corrected chi connectivity index (χ3v) is 8.06. The lowest BCUT2D eigenvalue weighted by atomic mass is 9.98. The van der Waals surface area contributed by atoms with Gasteiger partial charge >= 0.3 is 0 Å². The van der Waals surface area contributed by atoms with Crippen LogP contribution in [0.5, 0.6) is 0 Å². The van der Waals surface area contributed by atoms with Gasteiger partial charge in [-0.05, 0) is 62.7 Å². The number of anilines is 1. The van der Waals surface area contributed by atoms with Gasteiger partial charge in [-0.25, -0.2) is 13.1 Å². The largest absolute Gasteiger partial charge is 0.455 e. The van der Waals surface area contributed by atoms with Crippen molar-refractivity contribution < 1.29 is 17.6 Å². The predicted octanol–water partition coefficient (Wildman–Crippen LogP) is 4.96. The molecule has 2 N–H and O–H groups in total. The second-order valence-electron chi connectivity index (χ2n) is 9.72. The number of carbonyl (C=O) groups is 1. The monoisotopic (exact) mass is 544 g/mol. The second kappa shape index (κ2) is 9.70. The standard InChI is InChI=1S/C29H28N4O5S/c1-16-12-22(18(3)30-25-8-6-7-9-26(25)39(36,37)32-19(4)34)29-23(13-16)27(35)17(2)28(38-29)20-10-11-24-21(14-20)15-33(5)31-24/h6-15,18,30H,1-5H3,(H,32,34). The molecular formula is C29H28N4O5S. The number of rotatable bonds is 6. The van der Waals surface area contributed by atoms with Gasteiger partial charge in [-0.2, -0.15) is 5.10 Å². The molecule has 5 aromatic rings. The van der Waals surface area contributed by atoms with E-state index in [0.29, 0.717) is 33.5 Å². The van der Waals surface area contributed by atoms with Crippen LogP contribution in [0, 0.1) is 13.8 Å². The molecule has 9 nitrogen and oxygen atoms in total. The molecule has 3 aromatic carbocycles. The van der Waals surface area contributed by atoms with Gasteiger partial charge in [-0.1, -0.05) is 18.2 Å². The van der Waals surface area contributed by atoms with Crippen LogP contribution in [0.4, 0.5) is 5.69 Å². The van der Waals surface area contributed by atoms with Crippen LogP contribution in [-0.2, 0) is 21.9 Å². The van der Waals surface area contributed by atoms with Crippen LogP contribution in [0.3, 0.4) is 0 Å². The van der Waals surface area contributed by atoms with E-state index >= 15 is 0 Å². The third kappa shape index (κ3) is 4.90. The third-order valence-electron chi connectivity index (χ3n) is 6.57. The molecule has 2 heterocycles. The number of benzene rings is 3. The molecule has 39 heavy (non-hydrogen) atoms. The van der Waals surface area contributed by atoms with E-state index in [1.807, 2.05) is 56.1 Å². The molecule has 0 saturated heterocycles. The highest BCUT2D eigenvalue weighted by Crippen LogP contribution is 2.34. The number of para-hydroxylation sites is 1. The Morgan fingerprint density at radius 1 is 1.08 bits per heavy atom. The van der Waals surface area contributed by atoms with Crippen LogP contribution in [0.2, 0.25) is 0 Å². The van der Waals surface area contributed by atoms with Gasteiger partial charge in [0, 0.05) is 42.2 Å². The highest BCUT2D eigenvalue weighted by molar-refractivity contribution is 7.90. The van der Waals surface area contributed by atoms with Crippen molar-refractivity contribution in [2.24, 2.45) is 7.05 Å². The highest BCUT2D eigenvalue weighted by atomic mass is 32.2.